The first-order valence-corrected chi connectivity index (χ1v) is 12.1. The van der Waals surface area contributed by atoms with E-state index in [4.69, 9.17) is 0 Å². The lowest BCUT2D eigenvalue weighted by Crippen LogP contribution is -2.48. The Morgan fingerprint density at radius 3 is 2.84 bits per heavy atom. The van der Waals surface area contributed by atoms with Crippen molar-refractivity contribution in [3.63, 3.8) is 0 Å². The van der Waals surface area contributed by atoms with Crippen molar-refractivity contribution in [2.45, 2.75) is 51.0 Å². The number of benzene rings is 2. The summed E-state index contributed by atoms with van der Waals surface area (Å²) in [5.74, 6) is 0.243. The van der Waals surface area contributed by atoms with Crippen LogP contribution in [0.2, 0.25) is 0 Å². The highest BCUT2D eigenvalue weighted by molar-refractivity contribution is 5.94. The summed E-state index contributed by atoms with van der Waals surface area (Å²) in [7, 11) is 0. The van der Waals surface area contributed by atoms with E-state index in [0.717, 1.165) is 76.7 Å². The van der Waals surface area contributed by atoms with E-state index in [0.29, 0.717) is 0 Å². The van der Waals surface area contributed by atoms with Gasteiger partial charge < -0.3 is 15.5 Å². The molecule has 2 fully saturated rings. The third-order valence-corrected chi connectivity index (χ3v) is 7.64. The molecule has 1 spiro atoms. The van der Waals surface area contributed by atoms with Crippen LogP contribution in [-0.4, -0.2) is 48.9 Å². The molecule has 2 atom stereocenters. The van der Waals surface area contributed by atoms with Crippen LogP contribution in [0.5, 0.6) is 0 Å². The Kier molecular flexibility index (Phi) is 6.01. The first-order valence-electron chi connectivity index (χ1n) is 12.1. The van der Waals surface area contributed by atoms with Gasteiger partial charge in [-0.1, -0.05) is 36.4 Å². The standard InChI is InChI=1S/C27H33N3O2/c31-25(29-24-11-16-30(19-24)15-10-20-5-2-1-3-6-20)22-7-8-23-18-27(13-9-21(23)17-22)12-4-14-28-26(27)32/h1-3,5-8,17,24H,4,9-16,18-19H2,(H,28,32)(H,29,31)/t24-,27?/m1/s1. The van der Waals surface area contributed by atoms with E-state index >= 15 is 0 Å². The van der Waals surface area contributed by atoms with Gasteiger partial charge in [0.25, 0.3) is 5.91 Å². The molecule has 0 bridgehead atoms. The van der Waals surface area contributed by atoms with Gasteiger partial charge in [-0.15, -0.1) is 0 Å². The van der Waals surface area contributed by atoms with E-state index in [-0.39, 0.29) is 23.3 Å². The van der Waals surface area contributed by atoms with Crippen molar-refractivity contribution in [3.05, 3.63) is 70.8 Å². The predicted molar refractivity (Wildman–Crippen MR) is 126 cm³/mol. The van der Waals surface area contributed by atoms with Crippen LogP contribution in [0.3, 0.4) is 0 Å². The summed E-state index contributed by atoms with van der Waals surface area (Å²) in [6.45, 7) is 3.79. The molecule has 32 heavy (non-hydrogen) atoms. The van der Waals surface area contributed by atoms with Crippen LogP contribution in [0.25, 0.3) is 0 Å². The maximum atomic E-state index is 12.9. The molecule has 1 aliphatic carbocycles. The van der Waals surface area contributed by atoms with Gasteiger partial charge in [0, 0.05) is 37.8 Å². The van der Waals surface area contributed by atoms with Crippen LogP contribution < -0.4 is 10.6 Å². The number of carbonyl (C=O) groups excluding carboxylic acids is 2. The second kappa shape index (κ2) is 9.07. The van der Waals surface area contributed by atoms with Gasteiger partial charge in [0.15, 0.2) is 0 Å². The van der Waals surface area contributed by atoms with Crippen molar-refractivity contribution < 1.29 is 9.59 Å². The molecule has 2 N–H and O–H groups in total. The highest BCUT2D eigenvalue weighted by Crippen LogP contribution is 2.41. The molecule has 2 saturated heterocycles. The topological polar surface area (TPSA) is 61.4 Å². The SMILES string of the molecule is O=C(N[C@@H]1CCN(CCc2ccccc2)C1)c1ccc2c(c1)CCC1(CCCNC1=O)C2. The van der Waals surface area contributed by atoms with Gasteiger partial charge in [-0.2, -0.15) is 0 Å². The Morgan fingerprint density at radius 1 is 1.12 bits per heavy atom. The van der Waals surface area contributed by atoms with Crippen molar-refractivity contribution in [2.24, 2.45) is 5.41 Å². The maximum absolute atomic E-state index is 12.9. The molecular formula is C27H33N3O2. The van der Waals surface area contributed by atoms with Crippen LogP contribution in [-0.2, 0) is 24.1 Å². The van der Waals surface area contributed by atoms with Gasteiger partial charge in [0.05, 0.1) is 5.41 Å². The van der Waals surface area contributed by atoms with E-state index in [2.05, 4.69) is 58.0 Å². The molecule has 5 rings (SSSR count). The van der Waals surface area contributed by atoms with E-state index in [1.807, 2.05) is 6.07 Å². The monoisotopic (exact) mass is 431 g/mol. The molecule has 0 radical (unpaired) electrons. The lowest BCUT2D eigenvalue weighted by molar-refractivity contribution is -0.134. The van der Waals surface area contributed by atoms with E-state index in [9.17, 15) is 9.59 Å². The molecule has 5 nitrogen and oxygen atoms in total. The third-order valence-electron chi connectivity index (χ3n) is 7.64. The number of nitrogens with zero attached hydrogens (tertiary/aromatic N) is 1. The maximum Gasteiger partial charge on any atom is 0.251 e. The molecule has 0 saturated carbocycles. The molecule has 3 aliphatic rings. The number of piperidine rings is 1. The number of rotatable bonds is 5. The molecule has 0 aromatic heterocycles. The van der Waals surface area contributed by atoms with Crippen LogP contribution in [0.1, 0.15) is 52.7 Å². The molecular weight excluding hydrogens is 398 g/mol. The van der Waals surface area contributed by atoms with E-state index in [1.165, 1.54) is 16.7 Å². The molecule has 5 heteroatoms. The van der Waals surface area contributed by atoms with Gasteiger partial charge in [-0.25, -0.2) is 0 Å². The predicted octanol–water partition coefficient (Wildman–Crippen LogP) is 3.12. The minimum absolute atomic E-state index is 0.0263. The van der Waals surface area contributed by atoms with Crippen LogP contribution in [0.15, 0.2) is 48.5 Å². The van der Waals surface area contributed by atoms with E-state index < -0.39 is 0 Å². The zero-order valence-electron chi connectivity index (χ0n) is 18.7. The Balaban J connectivity index is 1.16. The van der Waals surface area contributed by atoms with Crippen molar-refractivity contribution in [2.75, 3.05) is 26.2 Å². The summed E-state index contributed by atoms with van der Waals surface area (Å²) in [6.07, 6.45) is 6.65. The van der Waals surface area contributed by atoms with Crippen LogP contribution in [0.4, 0.5) is 0 Å². The van der Waals surface area contributed by atoms with Crippen LogP contribution in [0, 0.1) is 5.41 Å². The van der Waals surface area contributed by atoms with Crippen molar-refractivity contribution in [3.8, 4) is 0 Å². The Morgan fingerprint density at radius 2 is 2.00 bits per heavy atom. The average Bonchev–Trinajstić information content (AvgIpc) is 3.27. The largest absolute Gasteiger partial charge is 0.356 e. The number of amides is 2. The first-order chi connectivity index (χ1) is 15.6. The zero-order valence-corrected chi connectivity index (χ0v) is 18.7. The van der Waals surface area contributed by atoms with Crippen LogP contribution >= 0.6 is 0 Å². The zero-order chi connectivity index (χ0) is 22.0. The summed E-state index contributed by atoms with van der Waals surface area (Å²) in [6, 6.07) is 16.9. The van der Waals surface area contributed by atoms with Crippen molar-refractivity contribution >= 4 is 11.8 Å². The second-order valence-electron chi connectivity index (χ2n) is 9.80. The molecule has 2 heterocycles. The molecule has 2 aromatic carbocycles. The lowest BCUT2D eigenvalue weighted by atomic mass is 9.67. The molecule has 1 unspecified atom stereocenters. The number of aryl methyl sites for hydroxylation is 1. The van der Waals surface area contributed by atoms with Gasteiger partial charge in [0.2, 0.25) is 5.91 Å². The number of nitrogens with one attached hydrogen (secondary N) is 2. The Hall–Kier alpha value is -2.66. The number of hydrogen-bond acceptors (Lipinski definition) is 3. The molecule has 2 amide bonds. The molecule has 2 aromatic rings. The number of hydrogen-bond donors (Lipinski definition) is 2. The Bertz CT molecular complexity index is 990. The molecule has 168 valence electrons. The smallest absolute Gasteiger partial charge is 0.251 e. The fourth-order valence-corrected chi connectivity index (χ4v) is 5.69. The summed E-state index contributed by atoms with van der Waals surface area (Å²) in [4.78, 5) is 27.9. The number of likely N-dealkylation sites (tertiary alicyclic amines) is 1. The van der Waals surface area contributed by atoms with Gasteiger partial charge in [-0.05, 0) is 73.8 Å². The lowest BCUT2D eigenvalue weighted by Gasteiger charge is -2.40. The normalized spacial score (nSPS) is 25.4. The quantitative estimate of drug-likeness (QED) is 0.765. The number of fused-ring (bicyclic) bond motifs is 1. The van der Waals surface area contributed by atoms with Gasteiger partial charge >= 0.3 is 0 Å². The van der Waals surface area contributed by atoms with E-state index in [1.54, 1.807) is 0 Å². The van der Waals surface area contributed by atoms with Crippen molar-refractivity contribution in [1.29, 1.82) is 0 Å². The average molecular weight is 432 g/mol. The summed E-state index contributed by atoms with van der Waals surface area (Å²) in [5, 5.41) is 6.31. The third kappa shape index (κ3) is 4.44. The fourth-order valence-electron chi connectivity index (χ4n) is 5.69. The highest BCUT2D eigenvalue weighted by atomic mass is 16.2. The minimum Gasteiger partial charge on any atom is -0.356 e. The molecule has 2 aliphatic heterocycles. The highest BCUT2D eigenvalue weighted by Gasteiger charge is 2.42. The fraction of sp³-hybridized carbons (Fsp3) is 0.481. The first kappa shape index (κ1) is 21.2. The van der Waals surface area contributed by atoms with Crippen molar-refractivity contribution in [1.82, 2.24) is 15.5 Å². The Labute approximate surface area is 190 Å². The summed E-state index contributed by atoms with van der Waals surface area (Å²) < 4.78 is 0. The summed E-state index contributed by atoms with van der Waals surface area (Å²) in [5.41, 5.74) is 4.34. The summed E-state index contributed by atoms with van der Waals surface area (Å²) >= 11 is 0. The van der Waals surface area contributed by atoms with Gasteiger partial charge in [0.1, 0.15) is 0 Å². The minimum atomic E-state index is -0.234. The second-order valence-corrected chi connectivity index (χ2v) is 9.80. The van der Waals surface area contributed by atoms with Gasteiger partial charge in [-0.3, -0.25) is 9.59 Å². The number of carbonyl (C=O) groups is 2.